The molecular formula is C26H26O3. The van der Waals surface area contributed by atoms with Gasteiger partial charge in [0.05, 0.1) is 6.10 Å². The van der Waals surface area contributed by atoms with Gasteiger partial charge < -0.3 is 14.9 Å². The van der Waals surface area contributed by atoms with Gasteiger partial charge in [0.15, 0.2) is 11.2 Å². The average Bonchev–Trinajstić information content (AvgIpc) is 3.09. The van der Waals surface area contributed by atoms with Crippen LogP contribution in [-0.4, -0.2) is 16.3 Å². The highest BCUT2D eigenvalue weighted by Gasteiger charge is 2.72. The quantitative estimate of drug-likeness (QED) is 0.675. The molecule has 148 valence electrons. The second kappa shape index (κ2) is 6.19. The predicted molar refractivity (Wildman–Crippen MR) is 113 cm³/mol. The van der Waals surface area contributed by atoms with E-state index in [4.69, 9.17) is 4.74 Å². The summed E-state index contributed by atoms with van der Waals surface area (Å²) in [5.74, 6) is 0.490. The highest BCUT2D eigenvalue weighted by atomic mass is 16.5. The topological polar surface area (TPSA) is 49.7 Å². The summed E-state index contributed by atoms with van der Waals surface area (Å²) in [6, 6.07) is 22.3. The van der Waals surface area contributed by atoms with E-state index in [-0.39, 0.29) is 5.92 Å². The third kappa shape index (κ3) is 2.32. The van der Waals surface area contributed by atoms with Gasteiger partial charge >= 0.3 is 0 Å². The molecule has 3 heteroatoms. The van der Waals surface area contributed by atoms with Crippen molar-refractivity contribution in [1.29, 1.82) is 0 Å². The molecule has 0 aromatic heterocycles. The maximum Gasteiger partial charge on any atom is 0.176 e. The Balaban J connectivity index is 1.83. The van der Waals surface area contributed by atoms with Gasteiger partial charge in [-0.3, -0.25) is 0 Å². The van der Waals surface area contributed by atoms with Crippen LogP contribution in [-0.2, 0) is 11.2 Å². The number of aliphatic hydroxyl groups is 2. The van der Waals surface area contributed by atoms with Gasteiger partial charge in [0, 0.05) is 11.5 Å². The fourth-order valence-corrected chi connectivity index (χ4v) is 5.58. The van der Waals surface area contributed by atoms with Crippen molar-refractivity contribution in [3.63, 3.8) is 0 Å². The lowest BCUT2D eigenvalue weighted by atomic mass is 9.70. The van der Waals surface area contributed by atoms with Crippen LogP contribution in [0.25, 0.3) is 0 Å². The van der Waals surface area contributed by atoms with Crippen molar-refractivity contribution in [2.24, 2.45) is 0 Å². The zero-order chi connectivity index (χ0) is 20.4. The van der Waals surface area contributed by atoms with Crippen LogP contribution in [0.2, 0.25) is 0 Å². The van der Waals surface area contributed by atoms with Crippen LogP contribution in [0.4, 0.5) is 0 Å². The summed E-state index contributed by atoms with van der Waals surface area (Å²) < 4.78 is 6.74. The molecule has 3 aromatic rings. The van der Waals surface area contributed by atoms with E-state index in [2.05, 4.69) is 12.1 Å². The number of hydrogen-bond acceptors (Lipinski definition) is 3. The van der Waals surface area contributed by atoms with E-state index >= 15 is 0 Å². The van der Waals surface area contributed by atoms with Crippen molar-refractivity contribution in [3.05, 3.63) is 100 Å². The number of benzene rings is 3. The lowest BCUT2D eigenvalue weighted by molar-refractivity contribution is -0.149. The van der Waals surface area contributed by atoms with Crippen molar-refractivity contribution < 1.29 is 14.9 Å². The van der Waals surface area contributed by atoms with Crippen LogP contribution in [0.1, 0.15) is 45.7 Å². The van der Waals surface area contributed by atoms with Gasteiger partial charge in [0.1, 0.15) is 5.75 Å². The molecule has 29 heavy (non-hydrogen) atoms. The van der Waals surface area contributed by atoms with E-state index in [0.717, 1.165) is 33.4 Å². The van der Waals surface area contributed by atoms with Crippen molar-refractivity contribution in [1.82, 2.24) is 0 Å². The smallest absolute Gasteiger partial charge is 0.176 e. The third-order valence-corrected chi connectivity index (χ3v) is 6.78. The lowest BCUT2D eigenvalue weighted by Gasteiger charge is -2.41. The molecule has 0 spiro atoms. The maximum absolute atomic E-state index is 12.3. The number of hydrogen-bond donors (Lipinski definition) is 2. The minimum absolute atomic E-state index is 0.182. The molecule has 3 aromatic carbocycles. The Morgan fingerprint density at radius 3 is 2.28 bits per heavy atom. The molecule has 1 aliphatic carbocycles. The summed E-state index contributed by atoms with van der Waals surface area (Å²) in [6.45, 7) is 6.06. The SMILES string of the molecule is Cc1ccc([C@@]23Oc4cc(C)cc(C)c4[C@]2(O)[C@H](O)C[C@H]3c2ccccc2)cc1. The molecule has 5 rings (SSSR count). The van der Waals surface area contributed by atoms with Gasteiger partial charge in [-0.05, 0) is 55.5 Å². The van der Waals surface area contributed by atoms with E-state index < -0.39 is 17.3 Å². The monoisotopic (exact) mass is 386 g/mol. The molecule has 1 fully saturated rings. The van der Waals surface area contributed by atoms with Crippen LogP contribution < -0.4 is 4.74 Å². The molecule has 1 saturated carbocycles. The Morgan fingerprint density at radius 2 is 1.59 bits per heavy atom. The normalized spacial score (nSPS) is 30.0. The van der Waals surface area contributed by atoms with Gasteiger partial charge in [0.25, 0.3) is 0 Å². The highest BCUT2D eigenvalue weighted by Crippen LogP contribution is 2.67. The van der Waals surface area contributed by atoms with Crippen LogP contribution >= 0.6 is 0 Å². The minimum Gasteiger partial charge on any atom is -0.478 e. The van der Waals surface area contributed by atoms with Crippen molar-refractivity contribution in [2.75, 3.05) is 0 Å². The van der Waals surface area contributed by atoms with Crippen molar-refractivity contribution in [2.45, 2.75) is 50.4 Å². The molecule has 0 saturated heterocycles. The zero-order valence-corrected chi connectivity index (χ0v) is 17.0. The fraction of sp³-hybridized carbons (Fsp3) is 0.308. The standard InChI is InChI=1S/C26H26O3/c1-16-9-11-20(12-10-16)26-21(19-7-5-4-6-8-19)15-23(27)25(26,28)24-18(3)13-17(2)14-22(24)29-26/h4-14,21,23,27-28H,15H2,1-3H3/t21-,23+,25+,26-/m0/s1. The summed E-state index contributed by atoms with van der Waals surface area (Å²) in [6.07, 6.45) is -0.502. The molecule has 2 aliphatic rings. The largest absolute Gasteiger partial charge is 0.478 e. The first-order valence-corrected chi connectivity index (χ1v) is 10.2. The summed E-state index contributed by atoms with van der Waals surface area (Å²) in [5.41, 5.74) is 3.24. The maximum atomic E-state index is 12.3. The summed E-state index contributed by atoms with van der Waals surface area (Å²) >= 11 is 0. The molecule has 1 aliphatic heterocycles. The molecule has 3 nitrogen and oxygen atoms in total. The predicted octanol–water partition coefficient (Wildman–Crippen LogP) is 4.64. The van der Waals surface area contributed by atoms with Gasteiger partial charge in [-0.1, -0.05) is 66.2 Å². The van der Waals surface area contributed by atoms with E-state index in [0.29, 0.717) is 12.2 Å². The molecule has 0 radical (unpaired) electrons. The minimum atomic E-state index is -1.52. The Kier molecular flexibility index (Phi) is 3.93. The summed E-state index contributed by atoms with van der Waals surface area (Å²) in [7, 11) is 0. The number of rotatable bonds is 2. The second-order valence-electron chi connectivity index (χ2n) is 8.64. The van der Waals surface area contributed by atoms with Crippen LogP contribution in [0.5, 0.6) is 5.75 Å². The lowest BCUT2D eigenvalue weighted by Crippen LogP contribution is -2.52. The number of aliphatic hydroxyl groups excluding tert-OH is 1. The van der Waals surface area contributed by atoms with Gasteiger partial charge in [0.2, 0.25) is 0 Å². The molecular weight excluding hydrogens is 360 g/mol. The van der Waals surface area contributed by atoms with Crippen LogP contribution in [0, 0.1) is 20.8 Å². The summed E-state index contributed by atoms with van der Waals surface area (Å²) in [4.78, 5) is 0. The van der Waals surface area contributed by atoms with E-state index in [1.807, 2.05) is 75.4 Å². The number of fused-ring (bicyclic) bond motifs is 3. The van der Waals surface area contributed by atoms with Crippen LogP contribution in [0.3, 0.4) is 0 Å². The van der Waals surface area contributed by atoms with Gasteiger partial charge in [-0.2, -0.15) is 0 Å². The molecule has 2 N–H and O–H groups in total. The Hall–Kier alpha value is -2.62. The molecule has 1 heterocycles. The average molecular weight is 386 g/mol. The Labute approximate surface area is 171 Å². The van der Waals surface area contributed by atoms with E-state index in [9.17, 15) is 10.2 Å². The zero-order valence-electron chi connectivity index (χ0n) is 17.0. The Morgan fingerprint density at radius 1 is 0.897 bits per heavy atom. The fourth-order valence-electron chi connectivity index (χ4n) is 5.58. The van der Waals surface area contributed by atoms with Crippen LogP contribution in [0.15, 0.2) is 66.7 Å². The molecule has 4 atom stereocenters. The van der Waals surface area contributed by atoms with E-state index in [1.165, 1.54) is 0 Å². The number of ether oxygens (including phenoxy) is 1. The molecule has 0 amide bonds. The summed E-state index contributed by atoms with van der Waals surface area (Å²) in [5, 5.41) is 23.5. The molecule has 0 unspecified atom stereocenters. The first-order valence-electron chi connectivity index (χ1n) is 10.2. The third-order valence-electron chi connectivity index (χ3n) is 6.78. The second-order valence-corrected chi connectivity index (χ2v) is 8.64. The van der Waals surface area contributed by atoms with Crippen molar-refractivity contribution in [3.8, 4) is 5.75 Å². The van der Waals surface area contributed by atoms with Gasteiger partial charge in [-0.25, -0.2) is 0 Å². The number of aryl methyl sites for hydroxylation is 3. The van der Waals surface area contributed by atoms with Crippen molar-refractivity contribution >= 4 is 0 Å². The van der Waals surface area contributed by atoms with E-state index in [1.54, 1.807) is 0 Å². The van der Waals surface area contributed by atoms with Gasteiger partial charge in [-0.15, -0.1) is 0 Å². The highest BCUT2D eigenvalue weighted by molar-refractivity contribution is 5.58. The Bertz CT molecular complexity index is 1070. The first-order chi connectivity index (χ1) is 13.9. The molecule has 0 bridgehead atoms. The first kappa shape index (κ1) is 18.4.